The van der Waals surface area contributed by atoms with Crippen molar-refractivity contribution in [2.75, 3.05) is 36.2 Å². The largest absolute Gasteiger partial charge is 0.324 e. The average Bonchev–Trinajstić information content (AvgIpc) is 2.78. The molecular formula is C23H31N3O3S. The number of benzene rings is 2. The molecule has 0 aromatic heterocycles. The van der Waals surface area contributed by atoms with Gasteiger partial charge in [0, 0.05) is 5.56 Å². The van der Waals surface area contributed by atoms with E-state index in [4.69, 9.17) is 5.73 Å². The maximum Gasteiger partial charge on any atom is 0.235 e. The Morgan fingerprint density at radius 3 is 2.27 bits per heavy atom. The monoisotopic (exact) mass is 429 g/mol. The van der Waals surface area contributed by atoms with Crippen LogP contribution >= 0.6 is 0 Å². The van der Waals surface area contributed by atoms with E-state index in [0.717, 1.165) is 25.2 Å². The number of likely N-dealkylation sites (tertiary alicyclic amines) is 1. The summed E-state index contributed by atoms with van der Waals surface area (Å²) >= 11 is 0. The van der Waals surface area contributed by atoms with Gasteiger partial charge in [0.2, 0.25) is 10.0 Å². The summed E-state index contributed by atoms with van der Waals surface area (Å²) in [5, 5.41) is 0. The van der Waals surface area contributed by atoms with Crippen molar-refractivity contribution in [3.8, 4) is 0 Å². The van der Waals surface area contributed by atoms with E-state index in [1.807, 2.05) is 30.3 Å². The van der Waals surface area contributed by atoms with Crippen LogP contribution in [0.5, 0.6) is 0 Å². The molecule has 1 fully saturated rings. The third kappa shape index (κ3) is 6.14. The van der Waals surface area contributed by atoms with Crippen molar-refractivity contribution in [3.05, 3.63) is 65.7 Å². The van der Waals surface area contributed by atoms with Crippen molar-refractivity contribution in [1.29, 1.82) is 0 Å². The Kier molecular flexibility index (Phi) is 8.01. The van der Waals surface area contributed by atoms with E-state index in [9.17, 15) is 13.2 Å². The van der Waals surface area contributed by atoms with Gasteiger partial charge >= 0.3 is 0 Å². The number of sulfonamides is 1. The highest BCUT2D eigenvalue weighted by molar-refractivity contribution is 7.92. The van der Waals surface area contributed by atoms with Crippen LogP contribution in [-0.4, -0.2) is 51.0 Å². The van der Waals surface area contributed by atoms with Crippen LogP contribution < -0.4 is 10.0 Å². The minimum atomic E-state index is -3.49. The fourth-order valence-corrected chi connectivity index (χ4v) is 5.29. The number of carbonyl (C=O) groups is 1. The number of anilines is 1. The molecule has 0 spiro atoms. The number of Topliss-reactive ketones (excluding diaryl/α,β-unsaturated/α-hetero) is 1. The number of nitrogens with two attached hydrogens (primary N) is 1. The molecule has 0 amide bonds. The van der Waals surface area contributed by atoms with Crippen LogP contribution in [0.1, 0.15) is 41.6 Å². The molecule has 6 nitrogen and oxygen atoms in total. The lowest BCUT2D eigenvalue weighted by Gasteiger charge is -2.28. The molecule has 0 atom stereocenters. The van der Waals surface area contributed by atoms with Gasteiger partial charge in [-0.15, -0.1) is 0 Å². The molecule has 7 heteroatoms. The standard InChI is InChI=1S/C23H31N3O3S/c24-18-23(27)21-12-10-20(11-13-21)19-26(22-8-3-1-4-9-22)30(28,29)17-7-16-25-14-5-2-6-15-25/h1,3-4,8-13H,2,5-7,14-19,24H2. The first kappa shape index (κ1) is 22.5. The molecule has 2 aromatic carbocycles. The molecule has 1 heterocycles. The highest BCUT2D eigenvalue weighted by Gasteiger charge is 2.23. The van der Waals surface area contributed by atoms with Crippen LogP contribution in [0.15, 0.2) is 54.6 Å². The highest BCUT2D eigenvalue weighted by Crippen LogP contribution is 2.22. The fraction of sp³-hybridized carbons (Fsp3) is 0.435. The molecule has 1 aliphatic rings. The van der Waals surface area contributed by atoms with Crippen molar-refractivity contribution in [1.82, 2.24) is 4.90 Å². The van der Waals surface area contributed by atoms with Gasteiger partial charge < -0.3 is 10.6 Å². The molecule has 0 unspecified atom stereocenters. The maximum atomic E-state index is 13.2. The molecule has 1 saturated heterocycles. The number of hydrogen-bond acceptors (Lipinski definition) is 5. The van der Waals surface area contributed by atoms with Gasteiger partial charge in [-0.3, -0.25) is 9.10 Å². The van der Waals surface area contributed by atoms with Crippen molar-refractivity contribution < 1.29 is 13.2 Å². The second-order valence-electron chi connectivity index (χ2n) is 7.74. The third-order valence-corrected chi connectivity index (χ3v) is 7.31. The Labute approximate surface area is 179 Å². The van der Waals surface area contributed by atoms with Crippen LogP contribution in [-0.2, 0) is 16.6 Å². The highest BCUT2D eigenvalue weighted by atomic mass is 32.2. The Balaban J connectivity index is 1.72. The number of ketones is 1. The topological polar surface area (TPSA) is 83.7 Å². The van der Waals surface area contributed by atoms with E-state index in [0.29, 0.717) is 17.7 Å². The summed E-state index contributed by atoms with van der Waals surface area (Å²) in [7, 11) is -3.49. The van der Waals surface area contributed by atoms with Gasteiger partial charge in [0.15, 0.2) is 5.78 Å². The Bertz CT molecular complexity index is 908. The molecular weight excluding hydrogens is 398 g/mol. The van der Waals surface area contributed by atoms with Crippen molar-refractivity contribution in [2.45, 2.75) is 32.2 Å². The van der Waals surface area contributed by atoms with Gasteiger partial charge in [-0.1, -0.05) is 48.9 Å². The summed E-state index contributed by atoms with van der Waals surface area (Å²) in [6, 6.07) is 16.2. The average molecular weight is 430 g/mol. The van der Waals surface area contributed by atoms with Gasteiger partial charge in [0.25, 0.3) is 0 Å². The quantitative estimate of drug-likeness (QED) is 0.587. The number of hydrogen-bond donors (Lipinski definition) is 1. The molecule has 0 aliphatic carbocycles. The summed E-state index contributed by atoms with van der Waals surface area (Å²) in [4.78, 5) is 14.1. The lowest BCUT2D eigenvalue weighted by Crippen LogP contribution is -2.35. The summed E-state index contributed by atoms with van der Waals surface area (Å²) in [6.07, 6.45) is 4.29. The second kappa shape index (κ2) is 10.7. The Morgan fingerprint density at radius 1 is 0.967 bits per heavy atom. The van der Waals surface area contributed by atoms with E-state index in [1.54, 1.807) is 24.3 Å². The first-order chi connectivity index (χ1) is 14.5. The van der Waals surface area contributed by atoms with E-state index in [1.165, 1.54) is 23.6 Å². The fourth-order valence-electron chi connectivity index (χ4n) is 3.79. The van der Waals surface area contributed by atoms with Crippen LogP contribution in [0, 0.1) is 0 Å². The summed E-state index contributed by atoms with van der Waals surface area (Å²) in [5.74, 6) is -0.0194. The molecule has 3 rings (SSSR count). The third-order valence-electron chi connectivity index (χ3n) is 5.49. The smallest absolute Gasteiger partial charge is 0.235 e. The number of rotatable bonds is 10. The zero-order valence-electron chi connectivity index (χ0n) is 17.4. The number of carbonyl (C=O) groups excluding carboxylic acids is 1. The van der Waals surface area contributed by atoms with E-state index < -0.39 is 10.0 Å². The van der Waals surface area contributed by atoms with Crippen LogP contribution in [0.3, 0.4) is 0 Å². The second-order valence-corrected chi connectivity index (χ2v) is 9.75. The molecule has 0 bridgehead atoms. The zero-order chi connectivity index (χ0) is 21.4. The predicted molar refractivity (Wildman–Crippen MR) is 121 cm³/mol. The minimum Gasteiger partial charge on any atom is -0.324 e. The number of nitrogens with zero attached hydrogens (tertiary/aromatic N) is 2. The Morgan fingerprint density at radius 2 is 1.63 bits per heavy atom. The van der Waals surface area contributed by atoms with Crippen molar-refractivity contribution >= 4 is 21.5 Å². The van der Waals surface area contributed by atoms with Gasteiger partial charge in [-0.25, -0.2) is 8.42 Å². The maximum absolute atomic E-state index is 13.2. The zero-order valence-corrected chi connectivity index (χ0v) is 18.2. The molecule has 30 heavy (non-hydrogen) atoms. The molecule has 0 radical (unpaired) electrons. The van der Waals surface area contributed by atoms with Crippen LogP contribution in [0.25, 0.3) is 0 Å². The number of para-hydroxylation sites is 1. The SMILES string of the molecule is NCC(=O)c1ccc(CN(c2ccccc2)S(=O)(=O)CCCN2CCCCC2)cc1. The van der Waals surface area contributed by atoms with Gasteiger partial charge in [-0.05, 0) is 56.6 Å². The molecule has 2 N–H and O–H groups in total. The molecule has 2 aromatic rings. The molecule has 162 valence electrons. The predicted octanol–water partition coefficient (Wildman–Crippen LogP) is 3.04. The van der Waals surface area contributed by atoms with Crippen molar-refractivity contribution in [2.24, 2.45) is 5.73 Å². The summed E-state index contributed by atoms with van der Waals surface area (Å²) in [6.45, 7) is 3.14. The van der Waals surface area contributed by atoms with E-state index >= 15 is 0 Å². The van der Waals surface area contributed by atoms with E-state index in [2.05, 4.69) is 4.90 Å². The van der Waals surface area contributed by atoms with Crippen LogP contribution in [0.4, 0.5) is 5.69 Å². The molecule has 1 aliphatic heterocycles. The lowest BCUT2D eigenvalue weighted by atomic mass is 10.1. The van der Waals surface area contributed by atoms with Gasteiger partial charge in [-0.2, -0.15) is 0 Å². The summed E-state index contributed by atoms with van der Waals surface area (Å²) in [5.41, 5.74) is 7.43. The first-order valence-corrected chi connectivity index (χ1v) is 12.2. The summed E-state index contributed by atoms with van der Waals surface area (Å²) < 4.78 is 27.9. The van der Waals surface area contributed by atoms with Crippen molar-refractivity contribution in [3.63, 3.8) is 0 Å². The lowest BCUT2D eigenvalue weighted by molar-refractivity contribution is 0.100. The Hall–Kier alpha value is -2.22. The van der Waals surface area contributed by atoms with Gasteiger partial charge in [0.1, 0.15) is 0 Å². The number of piperidine rings is 1. The van der Waals surface area contributed by atoms with Crippen LogP contribution in [0.2, 0.25) is 0 Å². The van der Waals surface area contributed by atoms with Gasteiger partial charge in [0.05, 0.1) is 24.5 Å². The first-order valence-electron chi connectivity index (χ1n) is 10.6. The van der Waals surface area contributed by atoms with E-state index in [-0.39, 0.29) is 24.6 Å². The normalized spacial score (nSPS) is 15.1. The molecule has 0 saturated carbocycles. The minimum absolute atomic E-state index is 0.0408.